The minimum absolute atomic E-state index is 0.533. The fourth-order valence-electron chi connectivity index (χ4n) is 2.49. The van der Waals surface area contributed by atoms with E-state index in [0.29, 0.717) is 6.61 Å². The summed E-state index contributed by atoms with van der Waals surface area (Å²) < 4.78 is 31.7. The topological polar surface area (TPSA) is 35.0 Å². The molecule has 1 fully saturated rings. The fourth-order valence-corrected chi connectivity index (χ4v) is 2.49. The number of nitrogens with zero attached hydrogens (tertiary/aromatic N) is 2. The van der Waals surface area contributed by atoms with E-state index < -0.39 is 17.5 Å². The molecule has 5 heteroatoms. The van der Waals surface area contributed by atoms with Crippen LogP contribution in [0.1, 0.15) is 24.0 Å². The molecule has 0 amide bonds. The summed E-state index contributed by atoms with van der Waals surface area (Å²) in [7, 11) is 0. The van der Waals surface area contributed by atoms with Crippen LogP contribution < -0.4 is 0 Å². The molecule has 0 aromatic carbocycles. The van der Waals surface area contributed by atoms with Gasteiger partial charge in [0, 0.05) is 30.1 Å². The Kier molecular flexibility index (Phi) is 2.98. The Morgan fingerprint density at radius 1 is 0.947 bits per heavy atom. The van der Waals surface area contributed by atoms with E-state index in [1.165, 1.54) is 24.5 Å². The summed E-state index contributed by atoms with van der Waals surface area (Å²) >= 11 is 0. The van der Waals surface area contributed by atoms with Crippen molar-refractivity contribution >= 4 is 0 Å². The predicted octanol–water partition coefficient (Wildman–Crippen LogP) is 2.81. The lowest BCUT2D eigenvalue weighted by Gasteiger charge is -2.28. The van der Waals surface area contributed by atoms with Gasteiger partial charge in [-0.2, -0.15) is 8.78 Å². The second-order valence-corrected chi connectivity index (χ2v) is 4.52. The van der Waals surface area contributed by atoms with Gasteiger partial charge in [-0.1, -0.05) is 0 Å². The van der Waals surface area contributed by atoms with Gasteiger partial charge in [0.05, 0.1) is 0 Å². The third-order valence-electron chi connectivity index (χ3n) is 3.41. The molecule has 0 radical (unpaired) electrons. The predicted molar refractivity (Wildman–Crippen MR) is 64.4 cm³/mol. The molecule has 0 saturated carbocycles. The monoisotopic (exact) mass is 262 g/mol. The van der Waals surface area contributed by atoms with Gasteiger partial charge >= 0.3 is 0 Å². The van der Waals surface area contributed by atoms with Crippen LogP contribution in [0.3, 0.4) is 0 Å². The van der Waals surface area contributed by atoms with Crippen LogP contribution in [0, 0.1) is 11.9 Å². The molecule has 1 aliphatic rings. The zero-order chi connectivity index (χ0) is 13.3. The summed E-state index contributed by atoms with van der Waals surface area (Å²) in [6.07, 6.45) is 4.55. The molecule has 3 nitrogen and oxygen atoms in total. The van der Waals surface area contributed by atoms with Gasteiger partial charge in [-0.05, 0) is 37.1 Å². The van der Waals surface area contributed by atoms with E-state index in [2.05, 4.69) is 9.97 Å². The molecular weight excluding hydrogens is 250 g/mol. The van der Waals surface area contributed by atoms with Crippen LogP contribution in [-0.4, -0.2) is 16.6 Å². The van der Waals surface area contributed by atoms with Gasteiger partial charge in [0.15, 0.2) is 0 Å². The highest BCUT2D eigenvalue weighted by Gasteiger charge is 2.39. The molecular formula is C14H12F2N2O. The molecule has 98 valence electrons. The SMILES string of the molecule is Fc1ccc(C2(c3ccc(F)nc3)CCCO2)cn1. The number of rotatable bonds is 2. The first kappa shape index (κ1) is 12.2. The second kappa shape index (κ2) is 4.66. The lowest BCUT2D eigenvalue weighted by atomic mass is 9.86. The van der Waals surface area contributed by atoms with Crippen molar-refractivity contribution in [2.45, 2.75) is 18.4 Å². The molecule has 0 atom stereocenters. The fraction of sp³-hybridized carbons (Fsp3) is 0.286. The highest BCUT2D eigenvalue weighted by atomic mass is 19.1. The first-order valence-corrected chi connectivity index (χ1v) is 6.09. The zero-order valence-electron chi connectivity index (χ0n) is 10.1. The van der Waals surface area contributed by atoms with Gasteiger partial charge in [0.1, 0.15) is 5.60 Å². The Balaban J connectivity index is 2.08. The van der Waals surface area contributed by atoms with Crippen LogP contribution in [0.2, 0.25) is 0 Å². The van der Waals surface area contributed by atoms with Crippen molar-refractivity contribution in [2.75, 3.05) is 6.61 Å². The van der Waals surface area contributed by atoms with Crippen LogP contribution >= 0.6 is 0 Å². The van der Waals surface area contributed by atoms with Gasteiger partial charge in [-0.3, -0.25) is 0 Å². The maximum atomic E-state index is 12.9. The Hall–Kier alpha value is -1.88. The summed E-state index contributed by atoms with van der Waals surface area (Å²) in [4.78, 5) is 7.34. The van der Waals surface area contributed by atoms with Crippen LogP contribution in [-0.2, 0) is 10.3 Å². The Morgan fingerprint density at radius 3 is 1.89 bits per heavy atom. The zero-order valence-corrected chi connectivity index (χ0v) is 10.1. The third kappa shape index (κ3) is 2.10. The van der Waals surface area contributed by atoms with E-state index in [-0.39, 0.29) is 0 Å². The molecule has 19 heavy (non-hydrogen) atoms. The van der Waals surface area contributed by atoms with Gasteiger partial charge < -0.3 is 4.74 Å². The first-order valence-electron chi connectivity index (χ1n) is 6.09. The summed E-state index contributed by atoms with van der Waals surface area (Å²) in [5, 5.41) is 0. The van der Waals surface area contributed by atoms with E-state index in [0.717, 1.165) is 24.0 Å². The van der Waals surface area contributed by atoms with E-state index >= 15 is 0 Å². The van der Waals surface area contributed by atoms with Gasteiger partial charge in [-0.25, -0.2) is 9.97 Å². The van der Waals surface area contributed by atoms with Crippen LogP contribution in [0.4, 0.5) is 8.78 Å². The smallest absolute Gasteiger partial charge is 0.212 e. The quantitative estimate of drug-likeness (QED) is 0.781. The van der Waals surface area contributed by atoms with Crippen molar-refractivity contribution in [2.24, 2.45) is 0 Å². The second-order valence-electron chi connectivity index (χ2n) is 4.52. The van der Waals surface area contributed by atoms with E-state index in [1.54, 1.807) is 12.1 Å². The van der Waals surface area contributed by atoms with Crippen LogP contribution in [0.5, 0.6) is 0 Å². The first-order chi connectivity index (χ1) is 9.21. The molecule has 0 N–H and O–H groups in total. The number of ether oxygens (including phenoxy) is 1. The number of hydrogen-bond acceptors (Lipinski definition) is 3. The van der Waals surface area contributed by atoms with Crippen molar-refractivity contribution in [1.29, 1.82) is 0 Å². The summed E-state index contributed by atoms with van der Waals surface area (Å²) in [5.74, 6) is -1.07. The number of aromatic nitrogens is 2. The van der Waals surface area contributed by atoms with Crippen molar-refractivity contribution in [1.82, 2.24) is 9.97 Å². The van der Waals surface area contributed by atoms with Crippen molar-refractivity contribution in [3.05, 3.63) is 59.7 Å². The van der Waals surface area contributed by atoms with Crippen molar-refractivity contribution in [3.8, 4) is 0 Å². The van der Waals surface area contributed by atoms with Crippen LogP contribution in [0.25, 0.3) is 0 Å². The van der Waals surface area contributed by atoms with E-state index in [4.69, 9.17) is 4.74 Å². The number of halogens is 2. The summed E-state index contributed by atoms with van der Waals surface area (Å²) in [5.41, 5.74) is 0.834. The van der Waals surface area contributed by atoms with Crippen LogP contribution in [0.15, 0.2) is 36.7 Å². The Bertz CT molecular complexity index is 516. The number of hydrogen-bond donors (Lipinski definition) is 0. The molecule has 0 unspecified atom stereocenters. The molecule has 2 aromatic heterocycles. The normalized spacial score (nSPS) is 17.6. The average molecular weight is 262 g/mol. The average Bonchev–Trinajstić information content (AvgIpc) is 2.91. The van der Waals surface area contributed by atoms with Crippen molar-refractivity contribution < 1.29 is 13.5 Å². The van der Waals surface area contributed by atoms with Gasteiger partial charge in [0.2, 0.25) is 11.9 Å². The maximum Gasteiger partial charge on any atom is 0.212 e. The number of pyridine rings is 2. The van der Waals surface area contributed by atoms with Crippen molar-refractivity contribution in [3.63, 3.8) is 0 Å². The maximum absolute atomic E-state index is 12.9. The highest BCUT2D eigenvalue weighted by Crippen LogP contribution is 2.41. The van der Waals surface area contributed by atoms with E-state index in [9.17, 15) is 8.78 Å². The molecule has 0 spiro atoms. The minimum atomic E-state index is -0.693. The summed E-state index contributed by atoms with van der Waals surface area (Å²) in [6.45, 7) is 0.606. The third-order valence-corrected chi connectivity index (χ3v) is 3.41. The van der Waals surface area contributed by atoms with Gasteiger partial charge in [-0.15, -0.1) is 0 Å². The molecule has 1 saturated heterocycles. The Labute approximate surface area is 109 Å². The lowest BCUT2D eigenvalue weighted by Crippen LogP contribution is -2.27. The lowest BCUT2D eigenvalue weighted by molar-refractivity contribution is 0.0352. The molecule has 1 aliphatic heterocycles. The van der Waals surface area contributed by atoms with Gasteiger partial charge in [0.25, 0.3) is 0 Å². The molecule has 3 heterocycles. The summed E-state index contributed by atoms with van der Waals surface area (Å²) in [6, 6.07) is 5.90. The highest BCUT2D eigenvalue weighted by molar-refractivity contribution is 5.34. The molecule has 2 aromatic rings. The van der Waals surface area contributed by atoms with E-state index in [1.807, 2.05) is 0 Å². The Morgan fingerprint density at radius 2 is 1.53 bits per heavy atom. The molecule has 3 rings (SSSR count). The molecule has 0 aliphatic carbocycles. The minimum Gasteiger partial charge on any atom is -0.365 e. The largest absolute Gasteiger partial charge is 0.365 e. The standard InChI is InChI=1S/C14H12F2N2O/c15-12-4-2-10(8-17-12)14(6-1-7-19-14)11-3-5-13(16)18-9-11/h2-5,8-9H,1,6-7H2. The molecule has 0 bridgehead atoms.